The number of nitrogens with one attached hydrogen (secondary N) is 1. The number of aliphatic carboxylic acids is 1. The number of esters is 1. The van der Waals surface area contributed by atoms with Crippen molar-refractivity contribution in [3.8, 4) is 0 Å². The quantitative estimate of drug-likeness (QED) is 0.0212. The Morgan fingerprint density at radius 1 is 0.635 bits per heavy atom. The highest BCUT2D eigenvalue weighted by atomic mass is 31.2. The van der Waals surface area contributed by atoms with Crippen molar-refractivity contribution in [2.75, 3.05) is 19.8 Å². The number of unbranched alkanes of at least 4 members (excludes halogenated alkanes) is 11. The Morgan fingerprint density at radius 3 is 1.67 bits per heavy atom. The van der Waals surface area contributed by atoms with Crippen LogP contribution in [-0.2, 0) is 32.7 Å². The number of ether oxygens (including phenoxy) is 1. The minimum atomic E-state index is -4.76. The largest absolute Gasteiger partial charge is 0.480 e. The molecule has 0 spiro atoms. The second-order valence-electron chi connectivity index (χ2n) is 12.7. The van der Waals surface area contributed by atoms with Crippen LogP contribution in [0.5, 0.6) is 0 Å². The molecule has 0 aromatic carbocycles. The van der Waals surface area contributed by atoms with Crippen molar-refractivity contribution in [2.24, 2.45) is 0 Å². The summed E-state index contributed by atoms with van der Waals surface area (Å²) in [6.07, 6.45) is 38.2. The van der Waals surface area contributed by atoms with Crippen LogP contribution in [0.25, 0.3) is 0 Å². The first kappa shape index (κ1) is 49.2. The van der Waals surface area contributed by atoms with Crippen molar-refractivity contribution in [1.82, 2.24) is 5.32 Å². The molecule has 0 aliphatic carbocycles. The van der Waals surface area contributed by atoms with E-state index in [9.17, 15) is 34.1 Å². The number of carbonyl (C=O) groups excluding carboxylic acids is 2. The van der Waals surface area contributed by atoms with Crippen LogP contribution < -0.4 is 5.32 Å². The van der Waals surface area contributed by atoms with E-state index in [1.165, 1.54) is 6.42 Å². The molecule has 0 aliphatic rings. The number of hydrogen-bond donors (Lipinski definition) is 4. The molecule has 52 heavy (non-hydrogen) atoms. The maximum absolute atomic E-state index is 12.3. The summed E-state index contributed by atoms with van der Waals surface area (Å²) in [6, 6.07) is -1.56. The lowest BCUT2D eigenvalue weighted by Crippen LogP contribution is -2.43. The monoisotopic (exact) mass is 753 g/mol. The maximum Gasteiger partial charge on any atom is 0.472 e. The zero-order valence-electron chi connectivity index (χ0n) is 31.8. The Morgan fingerprint density at radius 2 is 1.12 bits per heavy atom. The van der Waals surface area contributed by atoms with Crippen LogP contribution in [0, 0.1) is 0 Å². The van der Waals surface area contributed by atoms with Crippen LogP contribution in [0.2, 0.25) is 0 Å². The van der Waals surface area contributed by atoms with Crippen molar-refractivity contribution in [3.05, 3.63) is 60.8 Å². The smallest absolute Gasteiger partial charge is 0.472 e. The normalized spacial score (nSPS) is 14.5. The van der Waals surface area contributed by atoms with E-state index in [2.05, 4.69) is 79.9 Å². The molecule has 3 atom stereocenters. The molecule has 0 saturated heterocycles. The number of amides is 1. The number of carboxylic acids is 1. The fraction of sp³-hybridized carbons (Fsp3) is 0.675. The SMILES string of the molecule is CC/C=C\C/C=C\C/C=C\CCCCCCCC(=O)NC(COP(=O)(O)OCC(O)COC(=O)CCCCCCC/C=C\C/C=C\CCC)C(=O)O. The fourth-order valence-electron chi connectivity index (χ4n) is 4.78. The van der Waals surface area contributed by atoms with Gasteiger partial charge in [0.15, 0.2) is 6.04 Å². The molecule has 0 bridgehead atoms. The van der Waals surface area contributed by atoms with E-state index in [0.29, 0.717) is 12.8 Å². The molecule has 0 saturated carbocycles. The molecule has 0 aromatic rings. The van der Waals surface area contributed by atoms with Gasteiger partial charge in [0, 0.05) is 12.8 Å². The molecule has 0 fully saturated rings. The summed E-state index contributed by atoms with van der Waals surface area (Å²) in [6.45, 7) is 2.35. The Bertz CT molecular complexity index is 1120. The topological polar surface area (TPSA) is 169 Å². The average molecular weight is 754 g/mol. The minimum Gasteiger partial charge on any atom is -0.480 e. The van der Waals surface area contributed by atoms with Gasteiger partial charge in [-0.2, -0.15) is 0 Å². The van der Waals surface area contributed by atoms with Gasteiger partial charge >= 0.3 is 19.8 Å². The highest BCUT2D eigenvalue weighted by molar-refractivity contribution is 7.47. The van der Waals surface area contributed by atoms with Crippen LogP contribution in [0.3, 0.4) is 0 Å². The first-order valence-corrected chi connectivity index (χ1v) is 20.8. The maximum atomic E-state index is 12.3. The number of carboxylic acid groups (broad SMARTS) is 1. The fourth-order valence-corrected chi connectivity index (χ4v) is 5.55. The lowest BCUT2D eigenvalue weighted by Gasteiger charge is -2.18. The molecule has 12 heteroatoms. The van der Waals surface area contributed by atoms with Gasteiger partial charge in [-0.3, -0.25) is 18.6 Å². The number of aliphatic hydroxyl groups excluding tert-OH is 1. The molecule has 298 valence electrons. The molecular weight excluding hydrogens is 685 g/mol. The third-order valence-electron chi connectivity index (χ3n) is 7.77. The molecule has 3 unspecified atom stereocenters. The van der Waals surface area contributed by atoms with E-state index in [-0.39, 0.29) is 12.8 Å². The van der Waals surface area contributed by atoms with Gasteiger partial charge < -0.3 is 25.2 Å². The summed E-state index contributed by atoms with van der Waals surface area (Å²) in [7, 11) is -4.76. The van der Waals surface area contributed by atoms with E-state index in [0.717, 1.165) is 96.3 Å². The standard InChI is InChI=1S/C40H68NO10P/c1-3-5-7-9-11-13-15-17-18-20-21-23-25-27-29-31-38(43)41-37(40(45)46)35-51-52(47,48)50-34-36(42)33-49-39(44)32-30-28-26-24-22-19-16-14-12-10-8-6-4-2/h5,7-8,10-11,13-14,16-18,36-37,42H,3-4,6,9,12,15,19-35H2,1-2H3,(H,41,43)(H,45,46)(H,47,48)/b7-5-,10-8-,13-11-,16-14-,18-17-. The lowest BCUT2D eigenvalue weighted by molar-refractivity contribution is -0.147. The molecule has 11 nitrogen and oxygen atoms in total. The van der Waals surface area contributed by atoms with Gasteiger partial charge in [0.1, 0.15) is 12.7 Å². The average Bonchev–Trinajstić information content (AvgIpc) is 3.11. The van der Waals surface area contributed by atoms with Crippen molar-refractivity contribution in [2.45, 2.75) is 154 Å². The zero-order chi connectivity index (χ0) is 38.5. The molecule has 0 heterocycles. The highest BCUT2D eigenvalue weighted by Crippen LogP contribution is 2.43. The molecule has 4 N–H and O–H groups in total. The third kappa shape index (κ3) is 34.3. The van der Waals surface area contributed by atoms with Crippen LogP contribution in [0.1, 0.15) is 142 Å². The molecular formula is C40H68NO10P. The van der Waals surface area contributed by atoms with Gasteiger partial charge in [0.25, 0.3) is 0 Å². The number of hydrogen-bond acceptors (Lipinski definition) is 8. The number of carbonyl (C=O) groups is 3. The Kier molecular flexibility index (Phi) is 33.3. The number of phosphoric acid groups is 1. The summed E-state index contributed by atoms with van der Waals surface area (Å²) in [5.41, 5.74) is 0. The molecule has 0 aliphatic heterocycles. The van der Waals surface area contributed by atoms with Gasteiger partial charge in [0.2, 0.25) is 5.91 Å². The van der Waals surface area contributed by atoms with Crippen LogP contribution in [-0.4, -0.2) is 64.9 Å². The predicted octanol–water partition coefficient (Wildman–Crippen LogP) is 9.22. The van der Waals surface area contributed by atoms with Crippen LogP contribution in [0.15, 0.2) is 60.8 Å². The molecule has 0 radical (unpaired) electrons. The summed E-state index contributed by atoms with van der Waals surface area (Å²) >= 11 is 0. The van der Waals surface area contributed by atoms with Gasteiger partial charge in [-0.25, -0.2) is 9.36 Å². The van der Waals surface area contributed by atoms with E-state index >= 15 is 0 Å². The second-order valence-corrected chi connectivity index (χ2v) is 14.2. The summed E-state index contributed by atoms with van der Waals surface area (Å²) in [5.74, 6) is -2.42. The van der Waals surface area contributed by atoms with Crippen molar-refractivity contribution in [3.63, 3.8) is 0 Å². The van der Waals surface area contributed by atoms with Gasteiger partial charge in [0.05, 0.1) is 13.2 Å². The van der Waals surface area contributed by atoms with Crippen molar-refractivity contribution < 1.29 is 47.8 Å². The summed E-state index contributed by atoms with van der Waals surface area (Å²) < 4.78 is 26.7. The third-order valence-corrected chi connectivity index (χ3v) is 8.72. The summed E-state index contributed by atoms with van der Waals surface area (Å²) in [5, 5.41) is 21.7. The zero-order valence-corrected chi connectivity index (χ0v) is 32.7. The Labute approximate surface area is 313 Å². The number of aliphatic hydroxyl groups is 1. The lowest BCUT2D eigenvalue weighted by atomic mass is 10.1. The Hall–Kier alpha value is -2.82. The molecule has 0 rings (SSSR count). The number of phosphoric ester groups is 1. The first-order chi connectivity index (χ1) is 25.1. The van der Waals surface area contributed by atoms with Gasteiger partial charge in [-0.05, 0) is 70.6 Å². The second kappa shape index (κ2) is 35.2. The van der Waals surface area contributed by atoms with Gasteiger partial charge in [-0.1, -0.05) is 120 Å². The highest BCUT2D eigenvalue weighted by Gasteiger charge is 2.28. The van der Waals surface area contributed by atoms with E-state index in [4.69, 9.17) is 13.8 Å². The first-order valence-electron chi connectivity index (χ1n) is 19.3. The number of allylic oxidation sites excluding steroid dienone is 10. The van der Waals surface area contributed by atoms with Gasteiger partial charge in [-0.15, -0.1) is 0 Å². The molecule has 1 amide bonds. The Balaban J connectivity index is 4.02. The van der Waals surface area contributed by atoms with E-state index in [1.54, 1.807) is 0 Å². The molecule has 0 aromatic heterocycles. The van der Waals surface area contributed by atoms with Crippen molar-refractivity contribution in [1.29, 1.82) is 0 Å². The van der Waals surface area contributed by atoms with E-state index < -0.39 is 57.6 Å². The van der Waals surface area contributed by atoms with Crippen LogP contribution >= 0.6 is 7.82 Å². The number of rotatable bonds is 35. The van der Waals surface area contributed by atoms with Crippen LogP contribution in [0.4, 0.5) is 0 Å². The predicted molar refractivity (Wildman–Crippen MR) is 208 cm³/mol. The minimum absolute atomic E-state index is 0.122. The van der Waals surface area contributed by atoms with Crippen molar-refractivity contribution >= 4 is 25.7 Å². The van der Waals surface area contributed by atoms with E-state index in [1.807, 2.05) is 0 Å². The summed E-state index contributed by atoms with van der Waals surface area (Å²) in [4.78, 5) is 45.7.